The molecule has 0 N–H and O–H groups in total. The molecule has 122 valence electrons. The van der Waals surface area contributed by atoms with Crippen LogP contribution in [-0.2, 0) is 16.1 Å². The first kappa shape index (κ1) is 16.5. The van der Waals surface area contributed by atoms with Crippen LogP contribution in [0.5, 0.6) is 0 Å². The van der Waals surface area contributed by atoms with Crippen molar-refractivity contribution >= 4 is 29.1 Å². The second-order valence-corrected chi connectivity index (χ2v) is 6.96. The summed E-state index contributed by atoms with van der Waals surface area (Å²) in [6.45, 7) is 4.31. The number of benzene rings is 2. The number of thioether (sulfide) groups is 1. The summed E-state index contributed by atoms with van der Waals surface area (Å²) in [6, 6.07) is 17.3. The molecule has 0 aliphatic carbocycles. The van der Waals surface area contributed by atoms with E-state index in [1.54, 1.807) is 0 Å². The van der Waals surface area contributed by atoms with Crippen molar-refractivity contribution in [3.63, 3.8) is 0 Å². The average Bonchev–Trinajstić information content (AvgIpc) is 2.82. The normalized spacial score (nSPS) is 14.7. The zero-order chi connectivity index (χ0) is 17.1. The summed E-state index contributed by atoms with van der Waals surface area (Å²) in [5, 5.41) is 0. The second kappa shape index (κ2) is 7.05. The topological polar surface area (TPSA) is 37.4 Å². The molecule has 2 amide bonds. The molecule has 0 unspecified atom stereocenters. The number of carbonyl (C=O) groups is 2. The molecule has 3 nitrogen and oxygen atoms in total. The third kappa shape index (κ3) is 3.15. The Bertz CT molecular complexity index is 794. The first-order chi connectivity index (χ1) is 11.6. The van der Waals surface area contributed by atoms with Gasteiger partial charge in [0.05, 0.1) is 17.0 Å². The lowest BCUT2D eigenvalue weighted by atomic mass is 10.1. The fourth-order valence-electron chi connectivity index (χ4n) is 2.71. The Labute approximate surface area is 146 Å². The van der Waals surface area contributed by atoms with Crippen LogP contribution in [0.15, 0.2) is 59.5 Å². The molecule has 0 fully saturated rings. The number of hydrogen-bond donors (Lipinski definition) is 0. The van der Waals surface area contributed by atoms with Gasteiger partial charge in [0.2, 0.25) is 0 Å². The summed E-state index contributed by atoms with van der Waals surface area (Å²) in [5.41, 5.74) is 3.44. The molecular weight excluding hydrogens is 318 g/mol. The number of amides is 2. The molecule has 0 spiro atoms. The van der Waals surface area contributed by atoms with Gasteiger partial charge in [-0.1, -0.05) is 67.1 Å². The smallest absolute Gasteiger partial charge is 0.268 e. The highest BCUT2D eigenvalue weighted by molar-refractivity contribution is 8.04. The molecule has 0 bridgehead atoms. The first-order valence-electron chi connectivity index (χ1n) is 7.96. The van der Waals surface area contributed by atoms with Gasteiger partial charge < -0.3 is 0 Å². The van der Waals surface area contributed by atoms with E-state index in [4.69, 9.17) is 0 Å². The molecule has 0 aromatic heterocycles. The third-order valence-electron chi connectivity index (χ3n) is 3.94. The van der Waals surface area contributed by atoms with Gasteiger partial charge in [0.1, 0.15) is 0 Å². The van der Waals surface area contributed by atoms with Crippen LogP contribution < -0.4 is 0 Å². The number of nitrogens with zero attached hydrogens (tertiary/aromatic N) is 1. The van der Waals surface area contributed by atoms with Crippen LogP contribution in [-0.4, -0.2) is 22.5 Å². The van der Waals surface area contributed by atoms with Crippen LogP contribution in [0.25, 0.3) is 5.57 Å². The van der Waals surface area contributed by atoms with Crippen molar-refractivity contribution in [1.82, 2.24) is 4.90 Å². The molecule has 0 saturated carbocycles. The molecule has 0 atom stereocenters. The maximum Gasteiger partial charge on any atom is 0.268 e. The number of aryl methyl sites for hydroxylation is 1. The zero-order valence-corrected chi connectivity index (χ0v) is 14.6. The van der Waals surface area contributed by atoms with Crippen LogP contribution in [0.2, 0.25) is 0 Å². The zero-order valence-electron chi connectivity index (χ0n) is 13.8. The minimum absolute atomic E-state index is 0.189. The number of carbonyl (C=O) groups excluding carboxylic acids is 2. The van der Waals surface area contributed by atoms with Crippen molar-refractivity contribution in [3.05, 3.63) is 76.2 Å². The van der Waals surface area contributed by atoms with Gasteiger partial charge in [-0.3, -0.25) is 14.5 Å². The van der Waals surface area contributed by atoms with Gasteiger partial charge in [-0.2, -0.15) is 0 Å². The molecule has 3 rings (SSSR count). The van der Waals surface area contributed by atoms with Crippen LogP contribution in [0.1, 0.15) is 23.6 Å². The van der Waals surface area contributed by atoms with Crippen LogP contribution >= 0.6 is 11.8 Å². The Hall–Kier alpha value is -2.33. The molecule has 1 aliphatic rings. The summed E-state index contributed by atoms with van der Waals surface area (Å²) in [7, 11) is 0. The molecule has 1 heterocycles. The summed E-state index contributed by atoms with van der Waals surface area (Å²) in [4.78, 5) is 27.6. The van der Waals surface area contributed by atoms with E-state index in [9.17, 15) is 9.59 Å². The number of rotatable bonds is 5. The highest BCUT2D eigenvalue weighted by Crippen LogP contribution is 2.36. The van der Waals surface area contributed by atoms with E-state index < -0.39 is 0 Å². The molecule has 24 heavy (non-hydrogen) atoms. The monoisotopic (exact) mass is 337 g/mol. The predicted octanol–water partition coefficient (Wildman–Crippen LogP) is 4.03. The lowest BCUT2D eigenvalue weighted by molar-refractivity contribution is -0.137. The second-order valence-electron chi connectivity index (χ2n) is 5.69. The molecule has 2 aromatic carbocycles. The van der Waals surface area contributed by atoms with E-state index in [2.05, 4.69) is 0 Å². The minimum Gasteiger partial charge on any atom is -0.269 e. The maximum absolute atomic E-state index is 12.9. The van der Waals surface area contributed by atoms with Crippen molar-refractivity contribution in [2.24, 2.45) is 0 Å². The van der Waals surface area contributed by atoms with E-state index in [1.807, 2.05) is 68.4 Å². The van der Waals surface area contributed by atoms with Gasteiger partial charge in [0, 0.05) is 0 Å². The van der Waals surface area contributed by atoms with E-state index in [0.29, 0.717) is 17.0 Å². The van der Waals surface area contributed by atoms with Gasteiger partial charge in [-0.25, -0.2) is 0 Å². The molecule has 2 aromatic rings. The molecule has 0 saturated heterocycles. The van der Waals surface area contributed by atoms with Gasteiger partial charge >= 0.3 is 0 Å². The summed E-state index contributed by atoms with van der Waals surface area (Å²) in [5.74, 6) is 0.359. The van der Waals surface area contributed by atoms with E-state index in [0.717, 1.165) is 22.4 Å². The van der Waals surface area contributed by atoms with Crippen molar-refractivity contribution in [3.8, 4) is 0 Å². The SMILES string of the molecule is CCSC1=C(c2ccccc2)C(=O)N(Cc2ccc(C)cc2)C1=O. The first-order valence-corrected chi connectivity index (χ1v) is 8.94. The van der Waals surface area contributed by atoms with Crippen molar-refractivity contribution in [2.45, 2.75) is 20.4 Å². The Morgan fingerprint density at radius 3 is 2.21 bits per heavy atom. The van der Waals surface area contributed by atoms with Crippen molar-refractivity contribution in [2.75, 3.05) is 5.75 Å². The fourth-order valence-corrected chi connectivity index (χ4v) is 3.58. The van der Waals surface area contributed by atoms with Crippen molar-refractivity contribution in [1.29, 1.82) is 0 Å². The summed E-state index contributed by atoms with van der Waals surface area (Å²) < 4.78 is 0. The van der Waals surface area contributed by atoms with Crippen LogP contribution in [0.4, 0.5) is 0 Å². The number of imide groups is 1. The highest BCUT2D eigenvalue weighted by Gasteiger charge is 2.38. The molecule has 4 heteroatoms. The number of hydrogen-bond acceptors (Lipinski definition) is 3. The standard InChI is InChI=1S/C20H19NO2S/c1-3-24-18-17(16-7-5-4-6-8-16)19(22)21(20(18)23)13-15-11-9-14(2)10-12-15/h4-12H,3,13H2,1-2H3. The Morgan fingerprint density at radius 2 is 1.58 bits per heavy atom. The summed E-state index contributed by atoms with van der Waals surface area (Å²) >= 11 is 1.44. The van der Waals surface area contributed by atoms with E-state index >= 15 is 0 Å². The Kier molecular flexibility index (Phi) is 4.86. The van der Waals surface area contributed by atoms with Crippen LogP contribution in [0, 0.1) is 6.92 Å². The molecular formula is C20H19NO2S. The third-order valence-corrected chi connectivity index (χ3v) is 4.89. The van der Waals surface area contributed by atoms with Gasteiger partial charge in [-0.05, 0) is 23.8 Å². The Balaban J connectivity index is 1.94. The largest absolute Gasteiger partial charge is 0.269 e. The highest BCUT2D eigenvalue weighted by atomic mass is 32.2. The maximum atomic E-state index is 12.9. The van der Waals surface area contributed by atoms with Crippen molar-refractivity contribution < 1.29 is 9.59 Å². The van der Waals surface area contributed by atoms with Crippen LogP contribution in [0.3, 0.4) is 0 Å². The van der Waals surface area contributed by atoms with E-state index in [1.165, 1.54) is 16.7 Å². The van der Waals surface area contributed by atoms with Gasteiger partial charge in [-0.15, -0.1) is 11.8 Å². The molecule has 0 radical (unpaired) electrons. The predicted molar refractivity (Wildman–Crippen MR) is 98.2 cm³/mol. The quantitative estimate of drug-likeness (QED) is 0.773. The lowest BCUT2D eigenvalue weighted by Gasteiger charge is -2.15. The summed E-state index contributed by atoms with van der Waals surface area (Å²) in [6.07, 6.45) is 0. The van der Waals surface area contributed by atoms with E-state index in [-0.39, 0.29) is 11.8 Å². The minimum atomic E-state index is -0.206. The average molecular weight is 337 g/mol. The fraction of sp³-hybridized carbons (Fsp3) is 0.200. The van der Waals surface area contributed by atoms with Gasteiger partial charge in [0.15, 0.2) is 0 Å². The van der Waals surface area contributed by atoms with Gasteiger partial charge in [0.25, 0.3) is 11.8 Å². The Morgan fingerprint density at radius 1 is 0.917 bits per heavy atom. The molecule has 1 aliphatic heterocycles. The lowest BCUT2D eigenvalue weighted by Crippen LogP contribution is -2.30.